The Morgan fingerprint density at radius 2 is 2.04 bits per heavy atom. The maximum absolute atomic E-state index is 12.6. The number of likely N-dealkylation sites (tertiary alicyclic amines) is 1. The van der Waals surface area contributed by atoms with E-state index in [1.165, 1.54) is 11.4 Å². The predicted molar refractivity (Wildman–Crippen MR) is 98.6 cm³/mol. The lowest BCUT2D eigenvalue weighted by molar-refractivity contribution is -0.134. The monoisotopic (exact) mass is 373 g/mol. The number of nitrogens with zero attached hydrogens (tertiary/aromatic N) is 5. The minimum atomic E-state index is -0.0323. The van der Waals surface area contributed by atoms with Crippen LogP contribution in [0, 0.1) is 13.8 Å². The van der Waals surface area contributed by atoms with Crippen molar-refractivity contribution in [2.75, 3.05) is 33.3 Å². The van der Waals surface area contributed by atoms with Crippen LogP contribution in [0.1, 0.15) is 41.7 Å². The van der Waals surface area contributed by atoms with E-state index >= 15 is 0 Å². The number of imidazole rings is 1. The van der Waals surface area contributed by atoms with Crippen LogP contribution in [0.4, 0.5) is 0 Å². The van der Waals surface area contributed by atoms with Crippen molar-refractivity contribution >= 4 is 5.91 Å². The number of carbonyl (C=O) groups excluding carboxylic acids is 1. The number of rotatable bonds is 4. The molecule has 2 aromatic heterocycles. The van der Waals surface area contributed by atoms with Crippen molar-refractivity contribution in [3.8, 4) is 5.88 Å². The minimum Gasteiger partial charge on any atom is -0.465 e. The molecule has 0 spiro atoms. The second kappa shape index (κ2) is 7.34. The fourth-order valence-electron chi connectivity index (χ4n) is 4.04. The van der Waals surface area contributed by atoms with Crippen molar-refractivity contribution in [2.24, 2.45) is 0 Å². The summed E-state index contributed by atoms with van der Waals surface area (Å²) in [5, 5.41) is 3.77. The summed E-state index contributed by atoms with van der Waals surface area (Å²) in [4.78, 5) is 21.7. The van der Waals surface area contributed by atoms with Crippen LogP contribution in [0.25, 0.3) is 0 Å². The van der Waals surface area contributed by atoms with E-state index in [9.17, 15) is 4.79 Å². The molecule has 0 atom stereocenters. The Morgan fingerprint density at radius 1 is 1.26 bits per heavy atom. The van der Waals surface area contributed by atoms with Gasteiger partial charge in [-0.3, -0.25) is 4.79 Å². The molecule has 8 heteroatoms. The predicted octanol–water partition coefficient (Wildman–Crippen LogP) is 1.72. The molecule has 8 nitrogen and oxygen atoms in total. The SMILES string of the molecule is Cc1cc(OCC(=O)N2CCn3c(C)nc(C4CCN(C)CC4)c3C2)no1. The van der Waals surface area contributed by atoms with Crippen LogP contribution in [0.5, 0.6) is 5.88 Å². The van der Waals surface area contributed by atoms with Gasteiger partial charge in [0.15, 0.2) is 6.61 Å². The van der Waals surface area contributed by atoms with Crippen LogP contribution in [0.15, 0.2) is 10.6 Å². The maximum atomic E-state index is 12.6. The Kier molecular flexibility index (Phi) is 4.90. The number of carbonyl (C=O) groups is 1. The maximum Gasteiger partial charge on any atom is 0.260 e. The van der Waals surface area contributed by atoms with Crippen LogP contribution < -0.4 is 4.74 Å². The molecule has 2 aromatic rings. The summed E-state index contributed by atoms with van der Waals surface area (Å²) in [5.74, 6) is 2.53. The van der Waals surface area contributed by atoms with Gasteiger partial charge >= 0.3 is 0 Å². The number of hydrogen-bond donors (Lipinski definition) is 0. The molecule has 4 heterocycles. The number of ether oxygens (including phenoxy) is 1. The molecule has 0 unspecified atom stereocenters. The highest BCUT2D eigenvalue weighted by Crippen LogP contribution is 2.32. The quantitative estimate of drug-likeness (QED) is 0.812. The molecule has 2 aliphatic rings. The van der Waals surface area contributed by atoms with Gasteiger partial charge in [-0.05, 0) is 52.0 Å². The fourth-order valence-corrected chi connectivity index (χ4v) is 4.04. The molecule has 2 aliphatic heterocycles. The number of fused-ring (bicyclic) bond motifs is 1. The number of aryl methyl sites for hydroxylation is 2. The Morgan fingerprint density at radius 3 is 2.74 bits per heavy atom. The van der Waals surface area contributed by atoms with Gasteiger partial charge in [0.25, 0.3) is 11.8 Å². The van der Waals surface area contributed by atoms with Gasteiger partial charge in [-0.1, -0.05) is 0 Å². The molecule has 0 aromatic carbocycles. The summed E-state index contributed by atoms with van der Waals surface area (Å²) < 4.78 is 12.7. The number of hydrogen-bond acceptors (Lipinski definition) is 6. The average Bonchev–Trinajstić information content (AvgIpc) is 3.23. The molecule has 1 saturated heterocycles. The zero-order valence-corrected chi connectivity index (χ0v) is 16.3. The zero-order valence-electron chi connectivity index (χ0n) is 16.3. The summed E-state index contributed by atoms with van der Waals surface area (Å²) in [6, 6.07) is 1.68. The normalized spacial score (nSPS) is 18.6. The summed E-state index contributed by atoms with van der Waals surface area (Å²) in [5.41, 5.74) is 2.38. The summed E-state index contributed by atoms with van der Waals surface area (Å²) >= 11 is 0. The van der Waals surface area contributed by atoms with Gasteiger partial charge in [0.2, 0.25) is 0 Å². The lowest BCUT2D eigenvalue weighted by atomic mass is 9.92. The molecule has 0 bridgehead atoms. The smallest absolute Gasteiger partial charge is 0.260 e. The van der Waals surface area contributed by atoms with E-state index in [2.05, 4.69) is 28.6 Å². The van der Waals surface area contributed by atoms with Gasteiger partial charge in [-0.25, -0.2) is 4.98 Å². The first kappa shape index (κ1) is 18.0. The molecular weight excluding hydrogens is 346 g/mol. The van der Waals surface area contributed by atoms with Crippen molar-refractivity contribution in [1.29, 1.82) is 0 Å². The molecule has 1 fully saturated rings. The summed E-state index contributed by atoms with van der Waals surface area (Å²) in [6.07, 6.45) is 2.26. The van der Waals surface area contributed by atoms with E-state index in [1.54, 1.807) is 13.0 Å². The van der Waals surface area contributed by atoms with Crippen molar-refractivity contribution in [3.05, 3.63) is 29.0 Å². The van der Waals surface area contributed by atoms with Crippen molar-refractivity contribution in [3.63, 3.8) is 0 Å². The molecule has 0 aliphatic carbocycles. The number of amides is 1. The lowest BCUT2D eigenvalue weighted by Gasteiger charge is -2.32. The largest absolute Gasteiger partial charge is 0.465 e. The number of piperidine rings is 1. The van der Waals surface area contributed by atoms with E-state index in [0.29, 0.717) is 30.6 Å². The van der Waals surface area contributed by atoms with Gasteiger partial charge in [-0.2, -0.15) is 0 Å². The molecule has 0 saturated carbocycles. The Balaban J connectivity index is 1.44. The van der Waals surface area contributed by atoms with Gasteiger partial charge in [0.1, 0.15) is 11.6 Å². The molecular formula is C19H27N5O3. The second-order valence-corrected chi connectivity index (χ2v) is 7.60. The van der Waals surface area contributed by atoms with Gasteiger partial charge < -0.3 is 23.6 Å². The Bertz CT molecular complexity index is 819. The first-order valence-electron chi connectivity index (χ1n) is 9.59. The summed E-state index contributed by atoms with van der Waals surface area (Å²) in [6.45, 7) is 8.10. The first-order valence-corrected chi connectivity index (χ1v) is 9.59. The molecule has 27 heavy (non-hydrogen) atoms. The van der Waals surface area contributed by atoms with E-state index in [1.807, 2.05) is 4.90 Å². The standard InChI is InChI=1S/C19H27N5O3/c1-13-10-17(21-27-13)26-12-18(25)23-8-9-24-14(2)20-19(16(24)11-23)15-4-6-22(3)7-5-15/h10,15H,4-9,11-12H2,1-3H3. The van der Waals surface area contributed by atoms with Crippen LogP contribution in [-0.4, -0.2) is 63.7 Å². The lowest BCUT2D eigenvalue weighted by Crippen LogP contribution is -2.41. The third kappa shape index (κ3) is 3.71. The van der Waals surface area contributed by atoms with Gasteiger partial charge in [0, 0.05) is 25.1 Å². The molecule has 1 amide bonds. The van der Waals surface area contributed by atoms with Crippen molar-refractivity contribution in [2.45, 2.75) is 45.7 Å². The van der Waals surface area contributed by atoms with E-state index in [4.69, 9.17) is 14.2 Å². The third-order valence-electron chi connectivity index (χ3n) is 5.64. The van der Waals surface area contributed by atoms with Crippen molar-refractivity contribution in [1.82, 2.24) is 24.5 Å². The zero-order chi connectivity index (χ0) is 19.0. The van der Waals surface area contributed by atoms with Gasteiger partial charge in [0.05, 0.1) is 17.9 Å². The minimum absolute atomic E-state index is 0.0251. The fraction of sp³-hybridized carbons (Fsp3) is 0.632. The second-order valence-electron chi connectivity index (χ2n) is 7.60. The highest BCUT2D eigenvalue weighted by Gasteiger charge is 2.30. The van der Waals surface area contributed by atoms with E-state index < -0.39 is 0 Å². The van der Waals surface area contributed by atoms with Crippen LogP contribution in [0.3, 0.4) is 0 Å². The highest BCUT2D eigenvalue weighted by atomic mass is 16.5. The third-order valence-corrected chi connectivity index (χ3v) is 5.64. The molecule has 4 rings (SSSR count). The number of aromatic nitrogens is 3. The Hall–Kier alpha value is -2.35. The Labute approximate surface area is 159 Å². The first-order chi connectivity index (χ1) is 13.0. The van der Waals surface area contributed by atoms with Crippen molar-refractivity contribution < 1.29 is 14.1 Å². The average molecular weight is 373 g/mol. The molecule has 146 valence electrons. The highest BCUT2D eigenvalue weighted by molar-refractivity contribution is 5.77. The molecule has 0 radical (unpaired) electrons. The van der Waals surface area contributed by atoms with Crippen LogP contribution in [-0.2, 0) is 17.9 Å². The van der Waals surface area contributed by atoms with Crippen LogP contribution in [0.2, 0.25) is 0 Å². The van der Waals surface area contributed by atoms with E-state index in [0.717, 1.165) is 38.3 Å². The topological polar surface area (TPSA) is 76.6 Å². The van der Waals surface area contributed by atoms with E-state index in [-0.39, 0.29) is 12.5 Å². The summed E-state index contributed by atoms with van der Waals surface area (Å²) in [7, 11) is 2.17. The van der Waals surface area contributed by atoms with Crippen LogP contribution >= 0.6 is 0 Å². The van der Waals surface area contributed by atoms with Gasteiger partial charge in [-0.15, -0.1) is 0 Å². The molecule has 0 N–H and O–H groups in total.